The van der Waals surface area contributed by atoms with Crippen LogP contribution < -0.4 is 9.47 Å². The highest BCUT2D eigenvalue weighted by molar-refractivity contribution is 9.10. The Kier molecular flexibility index (Phi) is 8.61. The van der Waals surface area contributed by atoms with Gasteiger partial charge in [-0.1, -0.05) is 39.9 Å². The molecule has 0 aliphatic carbocycles. The van der Waals surface area contributed by atoms with Crippen molar-refractivity contribution in [1.29, 1.82) is 0 Å². The van der Waals surface area contributed by atoms with Gasteiger partial charge in [-0.05, 0) is 78.7 Å². The van der Waals surface area contributed by atoms with Crippen molar-refractivity contribution in [3.63, 3.8) is 0 Å². The number of alkyl halides is 3. The van der Waals surface area contributed by atoms with Crippen LogP contribution in [0, 0.1) is 18.8 Å². The number of halogens is 4. The van der Waals surface area contributed by atoms with Gasteiger partial charge in [0.1, 0.15) is 18.1 Å². The molecule has 35 heavy (non-hydrogen) atoms. The molecular formula is C27H20BrF3O4. The molecule has 3 aromatic rings. The summed E-state index contributed by atoms with van der Waals surface area (Å²) >= 11 is 3.39. The summed E-state index contributed by atoms with van der Waals surface area (Å²) in [7, 11) is 0. The van der Waals surface area contributed by atoms with Crippen LogP contribution in [0.1, 0.15) is 22.3 Å². The van der Waals surface area contributed by atoms with E-state index in [-0.39, 0.29) is 6.61 Å². The van der Waals surface area contributed by atoms with Crippen molar-refractivity contribution in [2.45, 2.75) is 13.1 Å². The van der Waals surface area contributed by atoms with Crippen LogP contribution in [0.5, 0.6) is 11.5 Å². The third-order valence-electron chi connectivity index (χ3n) is 4.74. The number of hydrogen-bond acceptors (Lipinski definition) is 3. The Morgan fingerprint density at radius 3 is 2.31 bits per heavy atom. The monoisotopic (exact) mass is 544 g/mol. The highest BCUT2D eigenvalue weighted by Gasteiger charge is 2.29. The third kappa shape index (κ3) is 7.94. The lowest BCUT2D eigenvalue weighted by atomic mass is 10.1. The second-order valence-corrected chi connectivity index (χ2v) is 8.29. The number of ether oxygens (including phenoxy) is 2. The number of rotatable bonds is 7. The van der Waals surface area contributed by atoms with Gasteiger partial charge in [-0.2, -0.15) is 13.2 Å². The van der Waals surface area contributed by atoms with Crippen molar-refractivity contribution in [2.75, 3.05) is 13.2 Å². The lowest BCUT2D eigenvalue weighted by Crippen LogP contribution is -2.10. The van der Waals surface area contributed by atoms with E-state index in [0.29, 0.717) is 22.6 Å². The van der Waals surface area contributed by atoms with Crippen LogP contribution in [0.15, 0.2) is 77.3 Å². The van der Waals surface area contributed by atoms with E-state index in [0.717, 1.165) is 27.7 Å². The van der Waals surface area contributed by atoms with Crippen molar-refractivity contribution in [3.05, 3.63) is 99.5 Å². The Morgan fingerprint density at radius 2 is 1.71 bits per heavy atom. The van der Waals surface area contributed by atoms with Crippen LogP contribution >= 0.6 is 15.9 Å². The number of hydrogen-bond donors (Lipinski definition) is 1. The summed E-state index contributed by atoms with van der Waals surface area (Å²) in [6.45, 7) is 1.53. The minimum Gasteiger partial charge on any atom is -0.489 e. The predicted molar refractivity (Wildman–Crippen MR) is 130 cm³/mol. The van der Waals surface area contributed by atoms with Crippen molar-refractivity contribution in [1.82, 2.24) is 0 Å². The maximum absolute atomic E-state index is 12.8. The molecular weight excluding hydrogens is 525 g/mol. The quantitative estimate of drug-likeness (QED) is 0.334. The molecule has 0 radical (unpaired) electrons. The van der Waals surface area contributed by atoms with Gasteiger partial charge < -0.3 is 14.6 Å². The third-order valence-corrected chi connectivity index (χ3v) is 5.27. The van der Waals surface area contributed by atoms with E-state index in [2.05, 4.69) is 27.8 Å². The summed E-state index contributed by atoms with van der Waals surface area (Å²) in [6, 6.07) is 17.2. The molecule has 8 heteroatoms. The van der Waals surface area contributed by atoms with Gasteiger partial charge in [0.25, 0.3) is 0 Å². The molecule has 180 valence electrons. The molecule has 1 N–H and O–H groups in total. The molecule has 0 fully saturated rings. The number of carboxylic acids is 1. The fraction of sp³-hybridized carbons (Fsp3) is 0.148. The molecule has 3 aromatic carbocycles. The number of aryl methyl sites for hydroxylation is 1. The first-order valence-corrected chi connectivity index (χ1v) is 11.1. The van der Waals surface area contributed by atoms with E-state index in [9.17, 15) is 18.0 Å². The molecule has 4 nitrogen and oxygen atoms in total. The fourth-order valence-electron chi connectivity index (χ4n) is 2.99. The molecule has 0 unspecified atom stereocenters. The van der Waals surface area contributed by atoms with Crippen molar-refractivity contribution in [2.24, 2.45) is 0 Å². The molecule has 0 aliphatic heterocycles. The van der Waals surface area contributed by atoms with E-state index in [4.69, 9.17) is 14.6 Å². The molecule has 0 spiro atoms. The first-order chi connectivity index (χ1) is 16.6. The molecule has 0 aliphatic rings. The molecule has 3 rings (SSSR count). The first kappa shape index (κ1) is 25.9. The van der Waals surface area contributed by atoms with Gasteiger partial charge in [-0.15, -0.1) is 0 Å². The number of carbonyl (C=O) groups is 1. The summed E-state index contributed by atoms with van der Waals surface area (Å²) in [4.78, 5) is 10.7. The van der Waals surface area contributed by atoms with Gasteiger partial charge in [-0.3, -0.25) is 0 Å². The first-order valence-electron chi connectivity index (χ1n) is 10.4. The van der Waals surface area contributed by atoms with E-state index in [1.54, 1.807) is 31.2 Å². The van der Waals surface area contributed by atoms with Crippen LogP contribution in [0.25, 0.3) is 5.57 Å². The highest BCUT2D eigenvalue weighted by Crippen LogP contribution is 2.29. The summed E-state index contributed by atoms with van der Waals surface area (Å²) in [5.74, 6) is 5.88. The largest absolute Gasteiger partial charge is 0.489 e. The minimum absolute atomic E-state index is 0.182. The Hall–Kier alpha value is -3.70. The zero-order chi connectivity index (χ0) is 25.4. The molecule has 0 amide bonds. The predicted octanol–water partition coefficient (Wildman–Crippen LogP) is 6.75. The maximum Gasteiger partial charge on any atom is 0.416 e. The second-order valence-electron chi connectivity index (χ2n) is 7.37. The number of aliphatic carboxylic acids is 1. The Labute approximate surface area is 209 Å². The molecule has 0 saturated heterocycles. The summed E-state index contributed by atoms with van der Waals surface area (Å²) in [6.07, 6.45) is -2.62. The number of benzene rings is 3. The number of allylic oxidation sites excluding steroid dienone is 1. The van der Waals surface area contributed by atoms with E-state index in [1.807, 2.05) is 24.3 Å². The van der Waals surface area contributed by atoms with Crippen LogP contribution in [0.3, 0.4) is 0 Å². The standard InChI is InChI=1S/C27H20BrF3O4/c1-18-16-24(12-13-25(18)35-17-26(32)33)34-15-14-21(20-6-10-23(28)11-7-20)5-2-19-3-8-22(9-4-19)27(29,30)31/h3-4,6-14,16H,15,17H2,1H3,(H,32,33)/b21-14+. The molecule has 0 bridgehead atoms. The average molecular weight is 545 g/mol. The Bertz CT molecular complexity index is 1270. The van der Waals surface area contributed by atoms with Crippen molar-refractivity contribution < 1.29 is 32.5 Å². The van der Waals surface area contributed by atoms with Gasteiger partial charge in [-0.25, -0.2) is 4.79 Å². The lowest BCUT2D eigenvalue weighted by Gasteiger charge is -2.10. The van der Waals surface area contributed by atoms with Crippen LogP contribution in [0.2, 0.25) is 0 Å². The molecule has 0 saturated carbocycles. The van der Waals surface area contributed by atoms with Crippen LogP contribution in [0.4, 0.5) is 13.2 Å². The molecule has 0 heterocycles. The van der Waals surface area contributed by atoms with Crippen LogP contribution in [-0.4, -0.2) is 24.3 Å². The summed E-state index contributed by atoms with van der Waals surface area (Å²) in [5, 5.41) is 8.74. The number of carboxylic acid groups (broad SMARTS) is 1. The van der Waals surface area contributed by atoms with Gasteiger partial charge in [0.2, 0.25) is 0 Å². The average Bonchev–Trinajstić information content (AvgIpc) is 2.81. The van der Waals surface area contributed by atoms with Crippen molar-refractivity contribution >= 4 is 27.5 Å². The van der Waals surface area contributed by atoms with E-state index >= 15 is 0 Å². The topological polar surface area (TPSA) is 55.8 Å². The summed E-state index contributed by atoms with van der Waals surface area (Å²) < 4.78 is 50.3. The zero-order valence-electron chi connectivity index (χ0n) is 18.5. The smallest absolute Gasteiger partial charge is 0.416 e. The maximum atomic E-state index is 12.8. The van der Waals surface area contributed by atoms with Gasteiger partial charge in [0, 0.05) is 15.6 Å². The van der Waals surface area contributed by atoms with Gasteiger partial charge in [0.15, 0.2) is 6.61 Å². The Balaban J connectivity index is 1.78. The van der Waals surface area contributed by atoms with Crippen LogP contribution in [-0.2, 0) is 11.0 Å². The SMILES string of the molecule is Cc1cc(OC/C=C(\C#Cc2ccc(C(F)(F)F)cc2)c2ccc(Br)cc2)ccc1OCC(=O)O. The summed E-state index contributed by atoms with van der Waals surface area (Å²) in [5.41, 5.74) is 1.92. The van der Waals surface area contributed by atoms with Gasteiger partial charge in [0.05, 0.1) is 5.56 Å². The molecule has 0 aromatic heterocycles. The normalized spacial score (nSPS) is 11.4. The fourth-order valence-corrected chi connectivity index (χ4v) is 3.25. The Morgan fingerprint density at radius 1 is 1.03 bits per heavy atom. The highest BCUT2D eigenvalue weighted by atomic mass is 79.9. The van der Waals surface area contributed by atoms with Gasteiger partial charge >= 0.3 is 12.1 Å². The second kappa shape index (κ2) is 11.6. The molecule has 0 atom stereocenters. The van der Waals surface area contributed by atoms with E-state index < -0.39 is 24.3 Å². The van der Waals surface area contributed by atoms with E-state index in [1.165, 1.54) is 12.1 Å². The minimum atomic E-state index is -4.40. The van der Waals surface area contributed by atoms with Crippen molar-refractivity contribution in [3.8, 4) is 23.3 Å². The zero-order valence-corrected chi connectivity index (χ0v) is 20.1. The lowest BCUT2D eigenvalue weighted by molar-refractivity contribution is -0.139.